The van der Waals surface area contributed by atoms with Crippen LogP contribution in [-0.2, 0) is 14.8 Å². The molecule has 9 nitrogen and oxygen atoms in total. The molecule has 0 spiro atoms. The summed E-state index contributed by atoms with van der Waals surface area (Å²) in [5.41, 5.74) is 0.300. The Labute approximate surface area is 168 Å². The highest BCUT2D eigenvalue weighted by molar-refractivity contribution is 7.89. The van der Waals surface area contributed by atoms with Gasteiger partial charge in [0.2, 0.25) is 10.0 Å². The van der Waals surface area contributed by atoms with Crippen LogP contribution < -0.4 is 4.90 Å². The van der Waals surface area contributed by atoms with E-state index in [1.807, 2.05) is 5.38 Å². The Morgan fingerprint density at radius 1 is 1.14 bits per heavy atom. The number of carbonyl (C=O) groups excluding carboxylic acids is 1. The van der Waals surface area contributed by atoms with E-state index in [1.54, 1.807) is 22.4 Å². The molecule has 0 aliphatic carbocycles. The molecule has 2 fully saturated rings. The number of morpholine rings is 1. The van der Waals surface area contributed by atoms with Gasteiger partial charge in [-0.25, -0.2) is 13.4 Å². The number of rotatable bonds is 4. The Balaban J connectivity index is 1.44. The molecule has 4 rings (SSSR count). The maximum atomic E-state index is 12.9. The van der Waals surface area contributed by atoms with Gasteiger partial charge in [0.1, 0.15) is 10.6 Å². The van der Waals surface area contributed by atoms with Crippen LogP contribution in [-0.4, -0.2) is 86.0 Å². The van der Waals surface area contributed by atoms with Crippen LogP contribution in [0.25, 0.3) is 0 Å². The van der Waals surface area contributed by atoms with Crippen LogP contribution in [0.3, 0.4) is 0 Å². The zero-order chi connectivity index (χ0) is 19.6. The number of aromatic nitrogens is 2. The Bertz CT molecular complexity index is 906. The number of thiazole rings is 1. The first-order valence-corrected chi connectivity index (χ1v) is 11.6. The fraction of sp³-hybridized carbons (Fsp3) is 0.529. The van der Waals surface area contributed by atoms with Gasteiger partial charge in [-0.2, -0.15) is 4.31 Å². The van der Waals surface area contributed by atoms with E-state index < -0.39 is 10.0 Å². The van der Waals surface area contributed by atoms with Crippen molar-refractivity contribution in [3.05, 3.63) is 29.5 Å². The van der Waals surface area contributed by atoms with E-state index in [-0.39, 0.29) is 10.8 Å². The summed E-state index contributed by atoms with van der Waals surface area (Å²) in [5.74, 6) is -0.176. The number of aromatic amines is 1. The van der Waals surface area contributed by atoms with Gasteiger partial charge in [0.15, 0.2) is 5.13 Å². The lowest BCUT2D eigenvalue weighted by Crippen LogP contribution is -2.40. The van der Waals surface area contributed by atoms with Crippen molar-refractivity contribution in [3.8, 4) is 0 Å². The molecule has 152 valence electrons. The highest BCUT2D eigenvalue weighted by Gasteiger charge is 2.29. The summed E-state index contributed by atoms with van der Waals surface area (Å²) >= 11 is 1.59. The lowest BCUT2D eigenvalue weighted by Gasteiger charge is -2.25. The number of anilines is 1. The number of hydrogen-bond donors (Lipinski definition) is 1. The highest BCUT2D eigenvalue weighted by atomic mass is 32.2. The van der Waals surface area contributed by atoms with E-state index in [9.17, 15) is 13.2 Å². The van der Waals surface area contributed by atoms with E-state index in [0.29, 0.717) is 51.6 Å². The number of hydrogen-bond acceptors (Lipinski definition) is 7. The van der Waals surface area contributed by atoms with E-state index >= 15 is 0 Å². The minimum Gasteiger partial charge on any atom is -0.379 e. The summed E-state index contributed by atoms with van der Waals surface area (Å²) in [6, 6.07) is 1.44. The van der Waals surface area contributed by atoms with E-state index in [0.717, 1.165) is 18.1 Å². The van der Waals surface area contributed by atoms with Crippen molar-refractivity contribution in [3.63, 3.8) is 0 Å². The van der Waals surface area contributed by atoms with Crippen molar-refractivity contribution in [2.45, 2.75) is 11.3 Å². The first-order chi connectivity index (χ1) is 13.6. The van der Waals surface area contributed by atoms with Crippen LogP contribution in [0, 0.1) is 0 Å². The standard InChI is InChI=1S/C17H23N5O4S2/c23-16(20-3-1-4-21(6-5-20)17-18-2-11-27-17)15-12-14(13-19-15)28(24,25)22-7-9-26-10-8-22/h2,11-13,19H,1,3-10H2. The first kappa shape index (κ1) is 19.4. The van der Waals surface area contributed by atoms with Crippen LogP contribution in [0.1, 0.15) is 16.9 Å². The van der Waals surface area contributed by atoms with Gasteiger partial charge in [-0.05, 0) is 12.5 Å². The molecule has 0 atom stereocenters. The smallest absolute Gasteiger partial charge is 0.270 e. The van der Waals surface area contributed by atoms with Crippen LogP contribution in [0.2, 0.25) is 0 Å². The Kier molecular flexibility index (Phi) is 5.67. The van der Waals surface area contributed by atoms with Crippen molar-refractivity contribution in [1.82, 2.24) is 19.2 Å². The molecule has 2 aliphatic rings. The fourth-order valence-corrected chi connectivity index (χ4v) is 5.54. The van der Waals surface area contributed by atoms with Crippen molar-refractivity contribution >= 4 is 32.4 Å². The predicted octanol–water partition coefficient (Wildman–Crippen LogP) is 0.845. The highest BCUT2D eigenvalue weighted by Crippen LogP contribution is 2.21. The third-order valence-electron chi connectivity index (χ3n) is 4.97. The molecular weight excluding hydrogens is 402 g/mol. The van der Waals surface area contributed by atoms with Gasteiger partial charge >= 0.3 is 0 Å². The van der Waals surface area contributed by atoms with Crippen molar-refractivity contribution < 1.29 is 17.9 Å². The summed E-state index contributed by atoms with van der Waals surface area (Å²) < 4.78 is 32.1. The van der Waals surface area contributed by atoms with Crippen LogP contribution in [0.4, 0.5) is 5.13 Å². The number of nitrogens with one attached hydrogen (secondary N) is 1. The maximum Gasteiger partial charge on any atom is 0.270 e. The molecule has 28 heavy (non-hydrogen) atoms. The van der Waals surface area contributed by atoms with Gasteiger partial charge in [-0.1, -0.05) is 0 Å². The zero-order valence-corrected chi connectivity index (χ0v) is 17.0. The predicted molar refractivity (Wildman–Crippen MR) is 105 cm³/mol. The van der Waals surface area contributed by atoms with Crippen molar-refractivity contribution in [2.75, 3.05) is 57.4 Å². The topological polar surface area (TPSA) is 98.8 Å². The van der Waals surface area contributed by atoms with Crippen LogP contribution in [0.15, 0.2) is 28.7 Å². The third kappa shape index (κ3) is 3.93. The summed E-state index contributed by atoms with van der Waals surface area (Å²) in [4.78, 5) is 24.2. The van der Waals surface area contributed by atoms with Crippen molar-refractivity contribution in [2.24, 2.45) is 0 Å². The Morgan fingerprint density at radius 3 is 2.71 bits per heavy atom. The Morgan fingerprint density at radius 2 is 1.96 bits per heavy atom. The second-order valence-electron chi connectivity index (χ2n) is 6.71. The van der Waals surface area contributed by atoms with Crippen LogP contribution in [0.5, 0.6) is 0 Å². The van der Waals surface area contributed by atoms with E-state index in [1.165, 1.54) is 16.6 Å². The zero-order valence-electron chi connectivity index (χ0n) is 15.4. The third-order valence-corrected chi connectivity index (χ3v) is 7.68. The average molecular weight is 426 g/mol. The summed E-state index contributed by atoms with van der Waals surface area (Å²) in [7, 11) is -3.61. The second-order valence-corrected chi connectivity index (χ2v) is 9.52. The minimum atomic E-state index is -3.61. The fourth-order valence-electron chi connectivity index (χ4n) is 3.44. The summed E-state index contributed by atoms with van der Waals surface area (Å²) in [5, 5.41) is 2.91. The average Bonchev–Trinajstić information content (AvgIpc) is 3.37. The molecule has 0 aromatic carbocycles. The second kappa shape index (κ2) is 8.19. The largest absolute Gasteiger partial charge is 0.379 e. The number of nitrogens with zero attached hydrogens (tertiary/aromatic N) is 4. The molecule has 2 aliphatic heterocycles. The molecule has 1 N–H and O–H groups in total. The normalized spacial score (nSPS) is 19.6. The molecule has 0 saturated carbocycles. The molecule has 0 radical (unpaired) electrons. The SMILES string of the molecule is O=C(c1cc(S(=O)(=O)N2CCOCC2)c[nH]1)N1CCCN(c2nccs2)CC1. The van der Waals surface area contributed by atoms with Gasteiger partial charge in [0.05, 0.1) is 13.2 Å². The number of carbonyl (C=O) groups is 1. The monoisotopic (exact) mass is 425 g/mol. The molecule has 2 saturated heterocycles. The molecule has 2 aromatic heterocycles. The Hall–Kier alpha value is -1.95. The van der Waals surface area contributed by atoms with Gasteiger partial charge in [0, 0.05) is 57.0 Å². The number of H-pyrrole nitrogens is 1. The molecule has 0 bridgehead atoms. The lowest BCUT2D eigenvalue weighted by atomic mass is 10.3. The first-order valence-electron chi connectivity index (χ1n) is 9.26. The van der Waals surface area contributed by atoms with Gasteiger partial charge in [-0.15, -0.1) is 11.3 Å². The van der Waals surface area contributed by atoms with Gasteiger partial charge in [0.25, 0.3) is 5.91 Å². The number of amides is 1. The minimum absolute atomic E-state index is 0.122. The molecular formula is C17H23N5O4S2. The van der Waals surface area contributed by atoms with E-state index in [4.69, 9.17) is 4.74 Å². The number of ether oxygens (including phenoxy) is 1. The van der Waals surface area contributed by atoms with Gasteiger partial charge < -0.3 is 19.5 Å². The maximum absolute atomic E-state index is 12.9. The molecule has 2 aromatic rings. The molecule has 4 heterocycles. The van der Waals surface area contributed by atoms with Gasteiger partial charge in [-0.3, -0.25) is 4.79 Å². The molecule has 1 amide bonds. The summed E-state index contributed by atoms with van der Waals surface area (Å²) in [6.45, 7) is 4.19. The van der Waals surface area contributed by atoms with Crippen molar-refractivity contribution in [1.29, 1.82) is 0 Å². The number of sulfonamides is 1. The summed E-state index contributed by atoms with van der Waals surface area (Å²) in [6.07, 6.45) is 4.02. The van der Waals surface area contributed by atoms with Crippen LogP contribution >= 0.6 is 11.3 Å². The van der Waals surface area contributed by atoms with E-state index in [2.05, 4.69) is 14.9 Å². The quantitative estimate of drug-likeness (QED) is 0.780. The molecule has 11 heteroatoms. The molecule has 0 unspecified atom stereocenters. The lowest BCUT2D eigenvalue weighted by molar-refractivity contribution is 0.0730.